The molecule has 0 bridgehead atoms. The third-order valence-electron chi connectivity index (χ3n) is 2.35. The highest BCUT2D eigenvalue weighted by Gasteiger charge is 2.13. The van der Waals surface area contributed by atoms with E-state index < -0.39 is 0 Å². The van der Waals surface area contributed by atoms with E-state index in [-0.39, 0.29) is 12.2 Å². The maximum absolute atomic E-state index is 13.6. The average Bonchev–Trinajstić information content (AvgIpc) is 2.82. The molecule has 0 atom stereocenters. The number of rotatable bonds is 6. The van der Waals surface area contributed by atoms with E-state index in [1.807, 2.05) is 0 Å². The van der Waals surface area contributed by atoms with Crippen LogP contribution in [0.1, 0.15) is 11.5 Å². The molecule has 0 saturated heterocycles. The fourth-order valence-corrected chi connectivity index (χ4v) is 2.34. The molecule has 0 N–H and O–H groups in total. The van der Waals surface area contributed by atoms with Gasteiger partial charge in [0.25, 0.3) is 5.22 Å². The van der Waals surface area contributed by atoms with Crippen LogP contribution in [0.4, 0.5) is 4.39 Å². The van der Waals surface area contributed by atoms with Gasteiger partial charge in [0.1, 0.15) is 5.82 Å². The molecule has 0 aliphatic carbocycles. The molecule has 0 amide bonds. The van der Waals surface area contributed by atoms with Crippen molar-refractivity contribution >= 4 is 23.4 Å². The van der Waals surface area contributed by atoms with Crippen molar-refractivity contribution in [2.45, 2.75) is 11.6 Å². The minimum absolute atomic E-state index is 0.184. The van der Waals surface area contributed by atoms with Gasteiger partial charge in [-0.1, -0.05) is 29.4 Å². The van der Waals surface area contributed by atoms with E-state index in [9.17, 15) is 4.39 Å². The van der Waals surface area contributed by atoms with Gasteiger partial charge in [-0.3, -0.25) is 0 Å². The number of nitrogens with zero attached hydrogens (tertiary/aromatic N) is 2. The summed E-state index contributed by atoms with van der Waals surface area (Å²) in [5.41, 5.74) is 0.362. The molecule has 1 aromatic heterocycles. The van der Waals surface area contributed by atoms with Crippen LogP contribution >= 0.6 is 23.4 Å². The van der Waals surface area contributed by atoms with Gasteiger partial charge in [0, 0.05) is 23.4 Å². The lowest BCUT2D eigenvalue weighted by molar-refractivity contribution is 0.218. The Morgan fingerprint density at radius 3 is 3.00 bits per heavy atom. The lowest BCUT2D eigenvalue weighted by Crippen LogP contribution is -1.94. The van der Waals surface area contributed by atoms with Gasteiger partial charge >= 0.3 is 0 Å². The smallest absolute Gasteiger partial charge is 0.276 e. The minimum atomic E-state index is -0.376. The summed E-state index contributed by atoms with van der Waals surface area (Å²) in [6.45, 7) is 0.599. The number of methoxy groups -OCH3 is 1. The third kappa shape index (κ3) is 3.92. The lowest BCUT2D eigenvalue weighted by atomic mass is 10.1. The Labute approximate surface area is 119 Å². The van der Waals surface area contributed by atoms with Gasteiger partial charge in [0.05, 0.1) is 13.0 Å². The number of aromatic nitrogens is 2. The fraction of sp³-hybridized carbons (Fsp3) is 0.333. The van der Waals surface area contributed by atoms with Crippen LogP contribution in [-0.4, -0.2) is 29.7 Å². The zero-order valence-corrected chi connectivity index (χ0v) is 11.8. The van der Waals surface area contributed by atoms with E-state index in [1.165, 1.54) is 17.8 Å². The van der Waals surface area contributed by atoms with Gasteiger partial charge in [-0.25, -0.2) is 4.39 Å². The first-order valence-electron chi connectivity index (χ1n) is 5.57. The summed E-state index contributed by atoms with van der Waals surface area (Å²) >= 11 is 7.33. The zero-order valence-electron chi connectivity index (χ0n) is 10.2. The molecule has 2 rings (SSSR count). The number of thioether (sulfide) groups is 1. The van der Waals surface area contributed by atoms with Gasteiger partial charge in [0.15, 0.2) is 0 Å². The molecular weight excluding hydrogens is 291 g/mol. The number of halogens is 2. The van der Waals surface area contributed by atoms with Gasteiger partial charge < -0.3 is 9.15 Å². The van der Waals surface area contributed by atoms with E-state index in [2.05, 4.69) is 10.2 Å². The SMILES string of the molecule is COCCSc1nnc(Cc2c(F)cccc2Cl)o1. The van der Waals surface area contributed by atoms with Gasteiger partial charge in [-0.2, -0.15) is 0 Å². The van der Waals surface area contributed by atoms with Crippen molar-refractivity contribution in [1.82, 2.24) is 10.2 Å². The van der Waals surface area contributed by atoms with Crippen LogP contribution in [0.5, 0.6) is 0 Å². The Morgan fingerprint density at radius 1 is 1.42 bits per heavy atom. The van der Waals surface area contributed by atoms with Crippen molar-refractivity contribution in [1.29, 1.82) is 0 Å². The first kappa shape index (κ1) is 14.3. The molecule has 7 heteroatoms. The van der Waals surface area contributed by atoms with Crippen molar-refractivity contribution in [3.63, 3.8) is 0 Å². The monoisotopic (exact) mass is 302 g/mol. The van der Waals surface area contributed by atoms with Crippen LogP contribution in [0.15, 0.2) is 27.8 Å². The Kier molecular flexibility index (Phi) is 5.18. The van der Waals surface area contributed by atoms with Crippen molar-refractivity contribution < 1.29 is 13.5 Å². The van der Waals surface area contributed by atoms with Gasteiger partial charge in [-0.15, -0.1) is 10.2 Å². The van der Waals surface area contributed by atoms with Crippen LogP contribution in [0.2, 0.25) is 5.02 Å². The number of benzene rings is 1. The second-order valence-corrected chi connectivity index (χ2v) is 5.13. The number of hydrogen-bond donors (Lipinski definition) is 0. The number of hydrogen-bond acceptors (Lipinski definition) is 5. The van der Waals surface area contributed by atoms with Crippen molar-refractivity contribution in [3.8, 4) is 0 Å². The van der Waals surface area contributed by atoms with Crippen LogP contribution < -0.4 is 0 Å². The molecule has 1 heterocycles. The summed E-state index contributed by atoms with van der Waals surface area (Å²) in [5.74, 6) is 0.685. The molecule has 0 radical (unpaired) electrons. The van der Waals surface area contributed by atoms with E-state index in [1.54, 1.807) is 19.2 Å². The van der Waals surface area contributed by atoms with Crippen LogP contribution in [-0.2, 0) is 11.2 Å². The molecule has 0 fully saturated rings. The van der Waals surface area contributed by atoms with Crippen LogP contribution in [0, 0.1) is 5.82 Å². The van der Waals surface area contributed by atoms with Gasteiger partial charge in [0.2, 0.25) is 5.89 Å². The normalized spacial score (nSPS) is 10.9. The summed E-state index contributed by atoms with van der Waals surface area (Å²) in [4.78, 5) is 0. The molecule has 2 aromatic rings. The van der Waals surface area contributed by atoms with Gasteiger partial charge in [-0.05, 0) is 12.1 Å². The predicted molar refractivity (Wildman–Crippen MR) is 71.1 cm³/mol. The molecule has 102 valence electrons. The Morgan fingerprint density at radius 2 is 2.26 bits per heavy atom. The highest BCUT2D eigenvalue weighted by atomic mass is 35.5. The molecule has 19 heavy (non-hydrogen) atoms. The lowest BCUT2D eigenvalue weighted by Gasteiger charge is -2.02. The van der Waals surface area contributed by atoms with Crippen LogP contribution in [0.3, 0.4) is 0 Å². The van der Waals surface area contributed by atoms with E-state index in [0.717, 1.165) is 5.75 Å². The Bertz CT molecular complexity index is 530. The highest BCUT2D eigenvalue weighted by Crippen LogP contribution is 2.23. The molecule has 0 unspecified atom stereocenters. The largest absolute Gasteiger partial charge is 0.416 e. The minimum Gasteiger partial charge on any atom is -0.416 e. The van der Waals surface area contributed by atoms with E-state index in [4.69, 9.17) is 20.8 Å². The first-order valence-corrected chi connectivity index (χ1v) is 6.94. The molecule has 4 nitrogen and oxygen atoms in total. The van der Waals surface area contributed by atoms with Crippen molar-refractivity contribution in [2.75, 3.05) is 19.5 Å². The summed E-state index contributed by atoms with van der Waals surface area (Å²) in [7, 11) is 1.62. The molecule has 0 spiro atoms. The fourth-order valence-electron chi connectivity index (χ4n) is 1.43. The average molecular weight is 303 g/mol. The molecule has 1 aromatic carbocycles. The van der Waals surface area contributed by atoms with E-state index in [0.29, 0.717) is 28.3 Å². The van der Waals surface area contributed by atoms with E-state index >= 15 is 0 Å². The first-order chi connectivity index (χ1) is 9.20. The third-order valence-corrected chi connectivity index (χ3v) is 3.49. The predicted octanol–water partition coefficient (Wildman–Crippen LogP) is 3.19. The topological polar surface area (TPSA) is 48.2 Å². The standard InChI is InChI=1S/C12H12ClFN2O2S/c1-17-5-6-19-12-16-15-11(18-12)7-8-9(13)3-2-4-10(8)14/h2-4H,5-7H2,1H3. The zero-order chi connectivity index (χ0) is 13.7. The molecule has 0 aliphatic rings. The Balaban J connectivity index is 2.03. The summed E-state index contributed by atoms with van der Waals surface area (Å²) in [6.07, 6.45) is 0.184. The Hall–Kier alpha value is -1.11. The summed E-state index contributed by atoms with van der Waals surface area (Å²) in [5, 5.41) is 8.54. The van der Waals surface area contributed by atoms with Crippen molar-refractivity contribution in [2.24, 2.45) is 0 Å². The molecule has 0 aliphatic heterocycles. The molecule has 0 saturated carbocycles. The van der Waals surface area contributed by atoms with Crippen molar-refractivity contribution in [3.05, 3.63) is 40.5 Å². The maximum atomic E-state index is 13.6. The number of ether oxygens (including phenoxy) is 1. The summed E-state index contributed by atoms with van der Waals surface area (Å²) in [6, 6.07) is 4.54. The quantitative estimate of drug-likeness (QED) is 0.606. The second kappa shape index (κ2) is 6.88. The van der Waals surface area contributed by atoms with Crippen LogP contribution in [0.25, 0.3) is 0 Å². The molecular formula is C12H12ClFN2O2S. The summed E-state index contributed by atoms with van der Waals surface area (Å²) < 4.78 is 23.9. The highest BCUT2D eigenvalue weighted by molar-refractivity contribution is 7.99. The maximum Gasteiger partial charge on any atom is 0.276 e. The second-order valence-electron chi connectivity index (χ2n) is 3.68.